The molecule has 13 nitrogen and oxygen atoms in total. The number of aryl methyl sites for hydroxylation is 2. The molecule has 0 bridgehead atoms. The minimum atomic E-state index is -0.992. The number of nitro groups is 1. The van der Waals surface area contributed by atoms with E-state index in [2.05, 4.69) is 15.1 Å². The van der Waals surface area contributed by atoms with E-state index < -0.39 is 23.0 Å². The summed E-state index contributed by atoms with van der Waals surface area (Å²) in [5.41, 5.74) is 1.51. The molecule has 194 valence electrons. The number of carboxylic acids is 1. The van der Waals surface area contributed by atoms with Crippen LogP contribution in [0, 0.1) is 23.0 Å². The number of aromatic nitrogens is 4. The highest BCUT2D eigenvalue weighted by molar-refractivity contribution is 5.70. The molecule has 0 saturated heterocycles. The number of rotatable bonds is 8. The van der Waals surface area contributed by atoms with Crippen LogP contribution in [0.2, 0.25) is 0 Å². The van der Waals surface area contributed by atoms with E-state index in [0.29, 0.717) is 41.4 Å². The van der Waals surface area contributed by atoms with Gasteiger partial charge in [0.15, 0.2) is 11.6 Å². The first kappa shape index (κ1) is 25.5. The van der Waals surface area contributed by atoms with Gasteiger partial charge in [0.2, 0.25) is 0 Å². The second-order valence-corrected chi connectivity index (χ2v) is 8.61. The van der Waals surface area contributed by atoms with Crippen molar-refractivity contribution in [1.29, 1.82) is 0 Å². The van der Waals surface area contributed by atoms with E-state index in [9.17, 15) is 24.8 Å². The van der Waals surface area contributed by atoms with Gasteiger partial charge < -0.3 is 19.3 Å². The summed E-state index contributed by atoms with van der Waals surface area (Å²) in [6, 6.07) is 5.02. The Balaban J connectivity index is 1.40. The molecule has 2 heterocycles. The van der Waals surface area contributed by atoms with Gasteiger partial charge in [0.1, 0.15) is 12.4 Å². The largest absolute Gasteiger partial charge is 0.514 e. The Labute approximate surface area is 211 Å². The molecule has 0 amide bonds. The number of hydrogen-bond acceptors (Lipinski definition) is 10. The zero-order valence-corrected chi connectivity index (χ0v) is 20.2. The Kier molecular flexibility index (Phi) is 7.60. The molecule has 37 heavy (non-hydrogen) atoms. The molecule has 2 aromatic heterocycles. The van der Waals surface area contributed by atoms with Crippen LogP contribution < -0.4 is 9.47 Å². The smallest absolute Gasteiger partial charge is 0.487 e. The average Bonchev–Trinajstić information content (AvgIpc) is 3.24. The van der Waals surface area contributed by atoms with Crippen molar-refractivity contribution in [2.75, 3.05) is 0 Å². The number of carboxylic acid groups (broad SMARTS) is 1. The maximum absolute atomic E-state index is 12.1. The van der Waals surface area contributed by atoms with Crippen molar-refractivity contribution in [3.63, 3.8) is 0 Å². The number of carbonyl (C=O) groups is 2. The van der Waals surface area contributed by atoms with Gasteiger partial charge in [-0.25, -0.2) is 14.8 Å². The van der Waals surface area contributed by atoms with Crippen molar-refractivity contribution < 1.29 is 33.8 Å². The minimum absolute atomic E-state index is 0.100. The lowest BCUT2D eigenvalue weighted by Crippen LogP contribution is -2.29. The molecule has 0 radical (unpaired) electrons. The third-order valence-electron chi connectivity index (χ3n) is 6.08. The van der Waals surface area contributed by atoms with Crippen molar-refractivity contribution in [3.05, 3.63) is 58.2 Å². The highest BCUT2D eigenvalue weighted by Gasteiger charge is 2.28. The van der Waals surface area contributed by atoms with Gasteiger partial charge in [-0.05, 0) is 44.7 Å². The van der Waals surface area contributed by atoms with Crippen LogP contribution in [0.1, 0.15) is 37.1 Å². The van der Waals surface area contributed by atoms with E-state index in [1.165, 1.54) is 28.9 Å². The van der Waals surface area contributed by atoms with Crippen molar-refractivity contribution in [2.24, 2.45) is 13.0 Å². The van der Waals surface area contributed by atoms with Gasteiger partial charge >= 0.3 is 12.1 Å². The zero-order chi connectivity index (χ0) is 26.5. The van der Waals surface area contributed by atoms with Crippen LogP contribution in [0.25, 0.3) is 11.4 Å². The molecule has 1 N–H and O–H groups in total. The summed E-state index contributed by atoms with van der Waals surface area (Å²) in [5, 5.41) is 24.2. The third kappa shape index (κ3) is 6.18. The van der Waals surface area contributed by atoms with E-state index in [4.69, 9.17) is 14.2 Å². The van der Waals surface area contributed by atoms with Gasteiger partial charge in [-0.15, -0.1) is 0 Å². The maximum atomic E-state index is 12.1. The summed E-state index contributed by atoms with van der Waals surface area (Å²) in [6.07, 6.45) is 4.53. The highest BCUT2D eigenvalue weighted by atomic mass is 16.7. The first-order chi connectivity index (χ1) is 17.7. The Morgan fingerprint density at radius 1 is 1.22 bits per heavy atom. The predicted octanol–water partition coefficient (Wildman–Crippen LogP) is 3.83. The molecule has 13 heteroatoms. The lowest BCUT2D eigenvalue weighted by Gasteiger charge is -2.27. The monoisotopic (exact) mass is 511 g/mol. The fraction of sp³-hybridized carbons (Fsp3) is 0.375. The molecule has 1 saturated carbocycles. The summed E-state index contributed by atoms with van der Waals surface area (Å²) in [5.74, 6) is -0.285. The van der Waals surface area contributed by atoms with E-state index in [0.717, 1.165) is 12.8 Å². The fourth-order valence-electron chi connectivity index (χ4n) is 4.07. The topological polar surface area (TPSA) is 169 Å². The van der Waals surface area contributed by atoms with Crippen LogP contribution in [0.15, 0.2) is 36.7 Å². The number of ether oxygens (including phenoxy) is 3. The van der Waals surface area contributed by atoms with Gasteiger partial charge in [-0.1, -0.05) is 0 Å². The van der Waals surface area contributed by atoms with E-state index in [1.807, 2.05) is 0 Å². The van der Waals surface area contributed by atoms with Crippen LogP contribution in [0.5, 0.6) is 11.5 Å². The average molecular weight is 511 g/mol. The summed E-state index contributed by atoms with van der Waals surface area (Å²) < 4.78 is 17.8. The first-order valence-electron chi connectivity index (χ1n) is 11.5. The zero-order valence-electron chi connectivity index (χ0n) is 20.2. The summed E-state index contributed by atoms with van der Waals surface area (Å²) >= 11 is 0. The minimum Gasteiger partial charge on any atom is -0.487 e. The number of carbonyl (C=O) groups excluding carboxylic acids is 1. The van der Waals surface area contributed by atoms with Crippen molar-refractivity contribution in [1.82, 2.24) is 19.7 Å². The molecular formula is C24H25N5O8. The standard InChI is InChI=1S/C24H25N5O8/c1-14-21(36-18-5-3-4-15(10-18)23(30)31)12-25-22(27-14)19-11-26-28(2)20(19)13-35-24(32)37-17-8-6-16(7-9-17)29(33)34/h6-9,11-12,15,18H,3-5,10,13H2,1-2H3,(H,30,31). The number of hydrogen-bond donors (Lipinski definition) is 1. The van der Waals surface area contributed by atoms with Gasteiger partial charge in [0.05, 0.1) is 46.3 Å². The molecule has 1 aromatic carbocycles. The lowest BCUT2D eigenvalue weighted by atomic mass is 9.87. The number of nitrogens with zero attached hydrogens (tertiary/aromatic N) is 5. The summed E-state index contributed by atoms with van der Waals surface area (Å²) in [7, 11) is 1.68. The summed E-state index contributed by atoms with van der Waals surface area (Å²) in [6.45, 7) is 1.59. The van der Waals surface area contributed by atoms with Crippen molar-refractivity contribution in [2.45, 2.75) is 45.3 Å². The molecular weight excluding hydrogens is 486 g/mol. The Morgan fingerprint density at radius 2 is 1.97 bits per heavy atom. The van der Waals surface area contributed by atoms with E-state index >= 15 is 0 Å². The van der Waals surface area contributed by atoms with Crippen molar-refractivity contribution >= 4 is 17.8 Å². The second-order valence-electron chi connectivity index (χ2n) is 8.61. The number of nitro benzene ring substituents is 1. The molecule has 1 fully saturated rings. The molecule has 3 aromatic rings. The number of benzene rings is 1. The summed E-state index contributed by atoms with van der Waals surface area (Å²) in [4.78, 5) is 42.6. The van der Waals surface area contributed by atoms with Crippen LogP contribution in [0.3, 0.4) is 0 Å². The second kappa shape index (κ2) is 11.0. The van der Waals surface area contributed by atoms with Gasteiger partial charge in [-0.2, -0.15) is 5.10 Å². The number of aliphatic carboxylic acids is 1. The molecule has 0 spiro atoms. The fourth-order valence-corrected chi connectivity index (χ4v) is 4.07. The van der Waals surface area contributed by atoms with Crippen molar-refractivity contribution in [3.8, 4) is 22.9 Å². The molecule has 2 unspecified atom stereocenters. The first-order valence-corrected chi connectivity index (χ1v) is 11.5. The van der Waals surface area contributed by atoms with Gasteiger partial charge in [0, 0.05) is 19.2 Å². The maximum Gasteiger partial charge on any atom is 0.514 e. The van der Waals surface area contributed by atoms with E-state index in [1.54, 1.807) is 26.4 Å². The molecule has 1 aliphatic rings. The van der Waals surface area contributed by atoms with Crippen LogP contribution in [0.4, 0.5) is 10.5 Å². The third-order valence-corrected chi connectivity index (χ3v) is 6.08. The molecule has 2 atom stereocenters. The quantitative estimate of drug-likeness (QED) is 0.202. The lowest BCUT2D eigenvalue weighted by molar-refractivity contribution is -0.384. The van der Waals surface area contributed by atoms with Gasteiger partial charge in [-0.3, -0.25) is 19.6 Å². The van der Waals surface area contributed by atoms with E-state index in [-0.39, 0.29) is 24.1 Å². The Morgan fingerprint density at radius 3 is 2.65 bits per heavy atom. The molecule has 0 aliphatic heterocycles. The molecule has 1 aliphatic carbocycles. The van der Waals surface area contributed by atoms with Crippen LogP contribution in [-0.4, -0.2) is 48.0 Å². The Bertz CT molecular complexity index is 1310. The normalized spacial score (nSPS) is 17.1. The van der Waals surface area contributed by atoms with Crippen LogP contribution in [-0.2, 0) is 23.2 Å². The molecule has 4 rings (SSSR count). The van der Waals surface area contributed by atoms with Gasteiger partial charge in [0.25, 0.3) is 5.69 Å². The highest BCUT2D eigenvalue weighted by Crippen LogP contribution is 2.30. The van der Waals surface area contributed by atoms with Crippen LogP contribution >= 0.6 is 0 Å². The Hall–Kier alpha value is -4.55. The SMILES string of the molecule is Cc1nc(-c2cnn(C)c2COC(=O)Oc2ccc([N+](=O)[O-])cc2)ncc1OC1CCCC(C(=O)O)C1. The number of non-ortho nitro benzene ring substituents is 1. The predicted molar refractivity (Wildman–Crippen MR) is 127 cm³/mol.